The van der Waals surface area contributed by atoms with Crippen molar-refractivity contribution in [3.8, 4) is 0 Å². The number of hydrogen-bond donors (Lipinski definition) is 1. The van der Waals surface area contributed by atoms with Gasteiger partial charge in [-0.05, 0) is 36.8 Å². The second kappa shape index (κ2) is 5.59. The Morgan fingerprint density at radius 2 is 2.05 bits per heavy atom. The minimum Gasteiger partial charge on any atom is -0.310 e. The average molecular weight is 274 g/mol. The van der Waals surface area contributed by atoms with Gasteiger partial charge in [0.05, 0.1) is 10.2 Å². The summed E-state index contributed by atoms with van der Waals surface area (Å²) in [6, 6.07) is 8.40. The molecule has 19 heavy (non-hydrogen) atoms. The predicted molar refractivity (Wildman–Crippen MR) is 82.5 cm³/mol. The van der Waals surface area contributed by atoms with Gasteiger partial charge < -0.3 is 5.32 Å². The first kappa shape index (κ1) is 13.1. The van der Waals surface area contributed by atoms with E-state index < -0.39 is 0 Å². The molecule has 1 aromatic heterocycles. The van der Waals surface area contributed by atoms with Crippen LogP contribution in [0.25, 0.3) is 10.2 Å². The van der Waals surface area contributed by atoms with E-state index >= 15 is 0 Å². The molecule has 0 amide bonds. The van der Waals surface area contributed by atoms with E-state index in [-0.39, 0.29) is 0 Å². The first-order chi connectivity index (χ1) is 9.31. The zero-order valence-electron chi connectivity index (χ0n) is 11.6. The first-order valence-electron chi connectivity index (χ1n) is 7.36. The lowest BCUT2D eigenvalue weighted by Crippen LogP contribution is -2.31. The maximum atomic E-state index is 4.68. The van der Waals surface area contributed by atoms with Crippen molar-refractivity contribution >= 4 is 21.6 Å². The third-order valence-electron chi connectivity index (χ3n) is 4.53. The van der Waals surface area contributed by atoms with Crippen LogP contribution in [0, 0.1) is 5.41 Å². The summed E-state index contributed by atoms with van der Waals surface area (Å²) >= 11 is 1.81. The van der Waals surface area contributed by atoms with Gasteiger partial charge in [0, 0.05) is 13.1 Å². The van der Waals surface area contributed by atoms with Crippen LogP contribution in [0.1, 0.15) is 44.0 Å². The van der Waals surface area contributed by atoms with Crippen molar-refractivity contribution in [3.63, 3.8) is 0 Å². The molecule has 102 valence electrons. The van der Waals surface area contributed by atoms with Gasteiger partial charge in [0.2, 0.25) is 0 Å². The normalized spacial score (nSPS) is 18.2. The highest BCUT2D eigenvalue weighted by molar-refractivity contribution is 7.18. The third-order valence-corrected chi connectivity index (χ3v) is 5.57. The number of fused-ring (bicyclic) bond motifs is 1. The van der Waals surface area contributed by atoms with Gasteiger partial charge in [-0.2, -0.15) is 0 Å². The Labute approximate surface area is 119 Å². The lowest BCUT2D eigenvalue weighted by atomic mass is 9.83. The quantitative estimate of drug-likeness (QED) is 0.876. The maximum absolute atomic E-state index is 4.68. The molecule has 1 N–H and O–H groups in total. The number of thiazole rings is 1. The molecule has 0 atom stereocenters. The largest absolute Gasteiger partial charge is 0.310 e. The Morgan fingerprint density at radius 3 is 2.79 bits per heavy atom. The summed E-state index contributed by atoms with van der Waals surface area (Å²) in [5.41, 5.74) is 1.70. The molecule has 3 rings (SSSR count). The Bertz CT molecular complexity index is 507. The van der Waals surface area contributed by atoms with E-state index in [2.05, 4.69) is 41.5 Å². The Kier molecular flexibility index (Phi) is 3.85. The lowest BCUT2D eigenvalue weighted by molar-refractivity contribution is 0.268. The Hall–Kier alpha value is -0.930. The number of para-hydroxylation sites is 1. The maximum Gasteiger partial charge on any atom is 0.108 e. The number of hydrogen-bond acceptors (Lipinski definition) is 3. The molecule has 3 heteroatoms. The van der Waals surface area contributed by atoms with Crippen molar-refractivity contribution in [1.82, 2.24) is 10.3 Å². The summed E-state index contributed by atoms with van der Waals surface area (Å²) in [7, 11) is 0. The summed E-state index contributed by atoms with van der Waals surface area (Å²) in [6.07, 6.45) is 6.93. The fourth-order valence-electron chi connectivity index (χ4n) is 3.21. The second-order valence-electron chi connectivity index (χ2n) is 5.74. The van der Waals surface area contributed by atoms with Crippen LogP contribution in [-0.4, -0.2) is 11.5 Å². The Balaban J connectivity index is 1.60. The van der Waals surface area contributed by atoms with Crippen LogP contribution in [-0.2, 0) is 6.54 Å². The van der Waals surface area contributed by atoms with Gasteiger partial charge in [0.15, 0.2) is 0 Å². The van der Waals surface area contributed by atoms with E-state index in [9.17, 15) is 0 Å². The van der Waals surface area contributed by atoms with Crippen LogP contribution in [0.15, 0.2) is 24.3 Å². The SMILES string of the molecule is CCC1(CNCc2nc3ccccc3s2)CCCC1. The number of rotatable bonds is 5. The molecule has 0 radical (unpaired) electrons. The Morgan fingerprint density at radius 1 is 1.26 bits per heavy atom. The topological polar surface area (TPSA) is 24.9 Å². The zero-order chi connectivity index (χ0) is 13.1. The van der Waals surface area contributed by atoms with Gasteiger partial charge >= 0.3 is 0 Å². The van der Waals surface area contributed by atoms with Crippen molar-refractivity contribution in [3.05, 3.63) is 29.3 Å². The molecule has 0 spiro atoms. The van der Waals surface area contributed by atoms with Crippen molar-refractivity contribution in [2.45, 2.75) is 45.6 Å². The van der Waals surface area contributed by atoms with Gasteiger partial charge in [0.1, 0.15) is 5.01 Å². The van der Waals surface area contributed by atoms with Crippen LogP contribution in [0.3, 0.4) is 0 Å². The summed E-state index contributed by atoms with van der Waals surface area (Å²) < 4.78 is 1.30. The minimum absolute atomic E-state index is 0.566. The molecule has 0 saturated heterocycles. The van der Waals surface area contributed by atoms with Crippen LogP contribution < -0.4 is 5.32 Å². The first-order valence-corrected chi connectivity index (χ1v) is 8.18. The third kappa shape index (κ3) is 2.82. The van der Waals surface area contributed by atoms with Gasteiger partial charge in [-0.15, -0.1) is 11.3 Å². The smallest absolute Gasteiger partial charge is 0.108 e. The van der Waals surface area contributed by atoms with Gasteiger partial charge in [-0.1, -0.05) is 31.9 Å². The molecule has 0 unspecified atom stereocenters. The molecule has 0 bridgehead atoms. The lowest BCUT2D eigenvalue weighted by Gasteiger charge is -2.27. The van der Waals surface area contributed by atoms with E-state index in [0.717, 1.165) is 18.6 Å². The standard InChI is InChI=1S/C16H22N2S/c1-2-16(9-5-6-10-16)12-17-11-15-18-13-7-3-4-8-14(13)19-15/h3-4,7-8,17H,2,5-6,9-12H2,1H3. The summed E-state index contributed by atoms with van der Waals surface area (Å²) in [5, 5.41) is 4.86. The van der Waals surface area contributed by atoms with E-state index in [1.807, 2.05) is 11.3 Å². The molecule has 2 aromatic rings. The molecule has 1 saturated carbocycles. The van der Waals surface area contributed by atoms with Crippen LogP contribution in [0.5, 0.6) is 0 Å². The van der Waals surface area contributed by atoms with E-state index in [4.69, 9.17) is 0 Å². The average Bonchev–Trinajstić information content (AvgIpc) is 3.05. The molecule has 0 aliphatic heterocycles. The monoisotopic (exact) mass is 274 g/mol. The van der Waals surface area contributed by atoms with Crippen LogP contribution in [0.2, 0.25) is 0 Å². The van der Waals surface area contributed by atoms with Gasteiger partial charge in [0.25, 0.3) is 0 Å². The van der Waals surface area contributed by atoms with Gasteiger partial charge in [-0.25, -0.2) is 4.98 Å². The van der Waals surface area contributed by atoms with Crippen molar-refractivity contribution in [2.24, 2.45) is 5.41 Å². The zero-order valence-corrected chi connectivity index (χ0v) is 12.4. The second-order valence-corrected chi connectivity index (χ2v) is 6.85. The summed E-state index contributed by atoms with van der Waals surface area (Å²) in [6.45, 7) is 4.41. The van der Waals surface area contributed by atoms with E-state index in [0.29, 0.717) is 5.41 Å². The van der Waals surface area contributed by atoms with Crippen LogP contribution in [0.4, 0.5) is 0 Å². The van der Waals surface area contributed by atoms with Crippen molar-refractivity contribution < 1.29 is 0 Å². The summed E-state index contributed by atoms with van der Waals surface area (Å²) in [5.74, 6) is 0. The van der Waals surface area contributed by atoms with Crippen molar-refractivity contribution in [1.29, 1.82) is 0 Å². The predicted octanol–water partition coefficient (Wildman–Crippen LogP) is 4.36. The van der Waals surface area contributed by atoms with Gasteiger partial charge in [-0.3, -0.25) is 0 Å². The highest BCUT2D eigenvalue weighted by Gasteiger charge is 2.31. The van der Waals surface area contributed by atoms with Crippen molar-refractivity contribution in [2.75, 3.05) is 6.54 Å². The van der Waals surface area contributed by atoms with Crippen LogP contribution >= 0.6 is 11.3 Å². The van der Waals surface area contributed by atoms with E-state index in [1.165, 1.54) is 41.8 Å². The summed E-state index contributed by atoms with van der Waals surface area (Å²) in [4.78, 5) is 4.68. The molecule has 1 fully saturated rings. The highest BCUT2D eigenvalue weighted by Crippen LogP contribution is 2.40. The minimum atomic E-state index is 0.566. The molecular formula is C16H22N2S. The number of nitrogens with zero attached hydrogens (tertiary/aromatic N) is 1. The highest BCUT2D eigenvalue weighted by atomic mass is 32.1. The number of aromatic nitrogens is 1. The molecule has 1 heterocycles. The number of nitrogens with one attached hydrogen (secondary N) is 1. The number of benzene rings is 1. The van der Waals surface area contributed by atoms with E-state index in [1.54, 1.807) is 0 Å². The fourth-order valence-corrected chi connectivity index (χ4v) is 4.15. The molecule has 2 nitrogen and oxygen atoms in total. The molecular weight excluding hydrogens is 252 g/mol. The molecule has 1 aliphatic rings. The molecule has 1 aliphatic carbocycles. The fraction of sp³-hybridized carbons (Fsp3) is 0.562. The molecule has 1 aromatic carbocycles.